The number of methoxy groups -OCH3 is 1. The molecule has 7 nitrogen and oxygen atoms in total. The van der Waals surface area contributed by atoms with Crippen LogP contribution in [0, 0.1) is 33.5 Å². The maximum absolute atomic E-state index is 15.2. The molecular formula is C50H52N2O5S. The number of carbonyl (C=O) groups is 2. The van der Waals surface area contributed by atoms with Gasteiger partial charge in [0.15, 0.2) is 5.78 Å². The molecule has 11 rings (SSSR count). The number of nitrogens with zero attached hydrogens (tertiary/aromatic N) is 1. The summed E-state index contributed by atoms with van der Waals surface area (Å²) in [4.78, 5) is 32.3. The molecule has 5 aromatic rings. The zero-order valence-electron chi connectivity index (χ0n) is 33.5. The van der Waals surface area contributed by atoms with Crippen molar-refractivity contribution in [2.45, 2.75) is 77.0 Å². The summed E-state index contributed by atoms with van der Waals surface area (Å²) in [6.45, 7) is 5.12. The summed E-state index contributed by atoms with van der Waals surface area (Å²) < 4.78 is 6.46. The minimum absolute atomic E-state index is 0.0318. The first kappa shape index (κ1) is 37.5. The molecule has 6 aliphatic rings. The van der Waals surface area contributed by atoms with Crippen molar-refractivity contribution in [2.75, 3.05) is 19.0 Å². The topological polar surface area (TPSA) is 99.1 Å². The average Bonchev–Trinajstić information content (AvgIpc) is 3.79. The number of nitrogens with one attached hydrogen (secondary N) is 1. The Bertz CT molecular complexity index is 2490. The number of Topliss-reactive ketones (excluding diaryl/α,β-unsaturated/α-hetero) is 1. The van der Waals surface area contributed by atoms with Crippen LogP contribution >= 0.6 is 11.3 Å². The Morgan fingerprint density at radius 2 is 1.55 bits per heavy atom. The number of fused-ring (bicyclic) bond motifs is 3. The van der Waals surface area contributed by atoms with Gasteiger partial charge < -0.3 is 25.2 Å². The number of benzene rings is 4. The number of ketones is 1. The van der Waals surface area contributed by atoms with Crippen LogP contribution in [0.5, 0.6) is 5.75 Å². The second-order valence-electron chi connectivity index (χ2n) is 18.4. The van der Waals surface area contributed by atoms with Crippen molar-refractivity contribution >= 4 is 49.7 Å². The Labute approximate surface area is 344 Å². The summed E-state index contributed by atoms with van der Waals surface area (Å²) >= 11 is 1.56. The summed E-state index contributed by atoms with van der Waals surface area (Å²) in [5.41, 5.74) is -0.450. The van der Waals surface area contributed by atoms with E-state index in [1.807, 2.05) is 60.7 Å². The number of ether oxygens (including phenoxy) is 1. The molecule has 0 radical (unpaired) electrons. The lowest BCUT2D eigenvalue weighted by Crippen LogP contribution is -2.67. The zero-order chi connectivity index (χ0) is 40.1. The van der Waals surface area contributed by atoms with Crippen LogP contribution in [0.4, 0.5) is 10.5 Å². The van der Waals surface area contributed by atoms with Gasteiger partial charge in [-0.05, 0) is 120 Å². The predicted molar refractivity (Wildman–Crippen MR) is 231 cm³/mol. The van der Waals surface area contributed by atoms with E-state index in [0.717, 1.165) is 69.0 Å². The fourth-order valence-electron chi connectivity index (χ4n) is 12.9. The Morgan fingerprint density at radius 3 is 2.34 bits per heavy atom. The van der Waals surface area contributed by atoms with E-state index in [0.29, 0.717) is 30.8 Å². The number of amides is 2. The first-order valence-corrected chi connectivity index (χ1v) is 21.8. The second-order valence-corrected chi connectivity index (χ2v) is 19.5. The third-order valence-electron chi connectivity index (χ3n) is 15.9. The van der Waals surface area contributed by atoms with Crippen molar-refractivity contribution in [3.8, 4) is 5.75 Å². The molecule has 2 amide bonds. The highest BCUT2D eigenvalue weighted by Crippen LogP contribution is 2.78. The molecule has 3 saturated carbocycles. The van der Waals surface area contributed by atoms with E-state index in [1.54, 1.807) is 23.3 Å². The van der Waals surface area contributed by atoms with E-state index in [9.17, 15) is 15.0 Å². The summed E-state index contributed by atoms with van der Waals surface area (Å²) in [7, 11) is 1.62. The fourth-order valence-corrected chi connectivity index (χ4v) is 13.9. The van der Waals surface area contributed by atoms with Crippen molar-refractivity contribution in [3.05, 3.63) is 131 Å². The van der Waals surface area contributed by atoms with Crippen LogP contribution in [0.15, 0.2) is 121 Å². The van der Waals surface area contributed by atoms with Crippen molar-refractivity contribution in [1.29, 1.82) is 0 Å². The molecule has 0 aliphatic heterocycles. The smallest absolute Gasteiger partial charge is 0.322 e. The number of urea groups is 1. The van der Waals surface area contributed by atoms with Gasteiger partial charge >= 0.3 is 6.03 Å². The van der Waals surface area contributed by atoms with Gasteiger partial charge in [0.1, 0.15) is 5.75 Å². The lowest BCUT2D eigenvalue weighted by atomic mass is 9.32. The van der Waals surface area contributed by atoms with Gasteiger partial charge in [-0.25, -0.2) is 4.79 Å². The molecule has 1 aromatic heterocycles. The van der Waals surface area contributed by atoms with E-state index in [-0.39, 0.29) is 35.6 Å². The standard InChI is InChI=1S/C50H52N2O5S/c1-46-22-19-36(53)28-48(46)25-26-50(39(29-48)44(54)41-27-33-10-5-7-14-40(33)58-41)42(46)20-23-47(2)43(50)21-24-49(47,56)31-52(45(55)51-35-15-17-37(57-3)18-16-35)30-34-12-8-11-32-9-4-6-13-38(32)34/h4-18,25-27,29,36,42-43,53,56H,19-24,28,30-31H2,1-3H3,(H,51,55)/t36?,42-,43-,46-,47+,48+,49-,50-/m1/s1. The van der Waals surface area contributed by atoms with Crippen LogP contribution in [0.2, 0.25) is 0 Å². The summed E-state index contributed by atoms with van der Waals surface area (Å²) in [6, 6.07) is 31.7. The van der Waals surface area contributed by atoms with Gasteiger partial charge in [0.25, 0.3) is 0 Å². The molecule has 298 valence electrons. The summed E-state index contributed by atoms with van der Waals surface area (Å²) in [5, 5.41) is 30.9. The quantitative estimate of drug-likeness (QED) is 0.107. The highest BCUT2D eigenvalue weighted by molar-refractivity contribution is 7.21. The molecule has 3 N–H and O–H groups in total. The third kappa shape index (κ3) is 5.37. The SMILES string of the molecule is COc1ccc(NC(=O)N(Cc2cccc3ccccc23)C[C@]2(O)CC[C@H]3[C@]45C=C[C@@]6(C=C4C(=O)c4cc7ccccc7s4)CC(O)CC[C@]6(C)[C@H]5CC[C@@]32C)cc1. The average molecular weight is 793 g/mol. The zero-order valence-corrected chi connectivity index (χ0v) is 34.4. The lowest BCUT2D eigenvalue weighted by Gasteiger charge is -2.71. The molecular weight excluding hydrogens is 741 g/mol. The molecule has 0 saturated heterocycles. The van der Waals surface area contributed by atoms with Crippen molar-refractivity contribution < 1.29 is 24.5 Å². The molecule has 2 spiro atoms. The molecule has 8 atom stereocenters. The first-order valence-electron chi connectivity index (χ1n) is 21.0. The Morgan fingerprint density at radius 1 is 0.845 bits per heavy atom. The molecule has 4 aromatic carbocycles. The molecule has 58 heavy (non-hydrogen) atoms. The van der Waals surface area contributed by atoms with Gasteiger partial charge in [0.05, 0.1) is 30.2 Å². The van der Waals surface area contributed by atoms with Crippen molar-refractivity contribution in [3.63, 3.8) is 0 Å². The van der Waals surface area contributed by atoms with E-state index in [4.69, 9.17) is 4.74 Å². The molecule has 6 aliphatic carbocycles. The van der Waals surface area contributed by atoms with Gasteiger partial charge in [-0.3, -0.25) is 4.79 Å². The number of anilines is 1. The lowest BCUT2D eigenvalue weighted by molar-refractivity contribution is -0.174. The summed E-state index contributed by atoms with van der Waals surface area (Å²) in [5.74, 6) is 0.930. The van der Waals surface area contributed by atoms with Gasteiger partial charge in [-0.15, -0.1) is 11.3 Å². The van der Waals surface area contributed by atoms with Gasteiger partial charge in [0, 0.05) is 38.8 Å². The number of aliphatic hydroxyl groups is 2. The molecule has 1 unspecified atom stereocenters. The maximum atomic E-state index is 15.2. The highest BCUT2D eigenvalue weighted by atomic mass is 32.1. The number of allylic oxidation sites excluding steroid dienone is 4. The second kappa shape index (κ2) is 13.4. The number of hydrogen-bond donors (Lipinski definition) is 3. The van der Waals surface area contributed by atoms with E-state index in [1.165, 1.54) is 0 Å². The number of thiophene rings is 1. The van der Waals surface area contributed by atoms with E-state index >= 15 is 4.79 Å². The minimum Gasteiger partial charge on any atom is -0.497 e. The van der Waals surface area contributed by atoms with Crippen LogP contribution in [0.3, 0.4) is 0 Å². The van der Waals surface area contributed by atoms with Crippen molar-refractivity contribution in [2.24, 2.45) is 33.5 Å². The Balaban J connectivity index is 1.05. The Hall–Kier alpha value is -4.76. The van der Waals surface area contributed by atoms with Crippen LogP contribution in [0.25, 0.3) is 20.9 Å². The van der Waals surface area contributed by atoms with Gasteiger partial charge in [-0.2, -0.15) is 0 Å². The highest BCUT2D eigenvalue weighted by Gasteiger charge is 2.74. The number of aliphatic hydroxyl groups excluding tert-OH is 1. The number of carbonyl (C=O) groups excluding carboxylic acids is 2. The van der Waals surface area contributed by atoms with Crippen LogP contribution in [-0.4, -0.2) is 52.3 Å². The van der Waals surface area contributed by atoms with Crippen LogP contribution < -0.4 is 10.1 Å². The molecule has 8 heteroatoms. The van der Waals surface area contributed by atoms with Crippen LogP contribution in [-0.2, 0) is 6.54 Å². The number of rotatable bonds is 8. The molecule has 2 bridgehead atoms. The molecule has 3 fully saturated rings. The van der Waals surface area contributed by atoms with E-state index in [2.05, 4.69) is 73.8 Å². The van der Waals surface area contributed by atoms with E-state index < -0.39 is 27.9 Å². The largest absolute Gasteiger partial charge is 0.497 e. The normalized spacial score (nSPS) is 33.3. The van der Waals surface area contributed by atoms with Crippen molar-refractivity contribution in [1.82, 2.24) is 4.90 Å². The number of hydrogen-bond acceptors (Lipinski definition) is 6. The fraction of sp³-hybridized carbons (Fsp3) is 0.400. The van der Waals surface area contributed by atoms with Crippen LogP contribution in [0.1, 0.15) is 74.0 Å². The maximum Gasteiger partial charge on any atom is 0.322 e. The third-order valence-corrected chi connectivity index (χ3v) is 17.0. The predicted octanol–water partition coefficient (Wildman–Crippen LogP) is 10.6. The Kier molecular flexibility index (Phi) is 8.65. The monoisotopic (exact) mass is 792 g/mol. The van der Waals surface area contributed by atoms with Gasteiger partial charge in [0.2, 0.25) is 0 Å². The molecule has 1 heterocycles. The first-order chi connectivity index (χ1) is 27.9. The van der Waals surface area contributed by atoms with Gasteiger partial charge in [-0.1, -0.05) is 92.7 Å². The minimum atomic E-state index is -1.23. The summed E-state index contributed by atoms with van der Waals surface area (Å²) in [6.07, 6.45) is 11.8.